The smallest absolute Gasteiger partial charge is 0.280 e. The molecule has 1 fully saturated rings. The van der Waals surface area contributed by atoms with Crippen molar-refractivity contribution >= 4 is 40.0 Å². The van der Waals surface area contributed by atoms with Crippen LogP contribution in [0, 0.1) is 0 Å². The van der Waals surface area contributed by atoms with Crippen LogP contribution in [-0.2, 0) is 19.1 Å². The van der Waals surface area contributed by atoms with Gasteiger partial charge in [0.1, 0.15) is 17.3 Å². The maximum Gasteiger partial charge on any atom is 0.280 e. The van der Waals surface area contributed by atoms with Crippen LogP contribution in [0.2, 0.25) is 0 Å². The van der Waals surface area contributed by atoms with Gasteiger partial charge in [0.15, 0.2) is 0 Å². The van der Waals surface area contributed by atoms with E-state index < -0.39 is 17.5 Å². The summed E-state index contributed by atoms with van der Waals surface area (Å²) in [4.78, 5) is 48.0. The molecule has 1 saturated heterocycles. The van der Waals surface area contributed by atoms with Crippen LogP contribution in [0.5, 0.6) is 5.75 Å². The summed E-state index contributed by atoms with van der Waals surface area (Å²) in [7, 11) is 0. The largest absolute Gasteiger partial charge is 0.494 e. The number of anilines is 2. The van der Waals surface area contributed by atoms with E-state index in [9.17, 15) is 19.2 Å². The lowest BCUT2D eigenvalue weighted by Crippen LogP contribution is -2.45. The Balaban J connectivity index is 1.14. The van der Waals surface area contributed by atoms with Crippen LogP contribution in [0.4, 0.5) is 11.4 Å². The standard InChI is InChI=1S/C28H34N6O6/c1-19(35)30-20-9-11-21(12-10-20)40-18-5-4-17-39-16-3-2-15-29-22-7-6-8-23-26(22)28(38)34(33-32-23)24-13-14-25(36)31-27(24)37/h6-12,24,29H,2-5,13-18H2,1H3,(H,30,35)(H,31,36,37). The average molecular weight is 551 g/mol. The van der Waals surface area contributed by atoms with E-state index >= 15 is 0 Å². The number of fused-ring (bicyclic) bond motifs is 1. The van der Waals surface area contributed by atoms with Crippen molar-refractivity contribution in [1.82, 2.24) is 20.3 Å². The van der Waals surface area contributed by atoms with E-state index in [-0.39, 0.29) is 24.7 Å². The van der Waals surface area contributed by atoms with E-state index in [4.69, 9.17) is 9.47 Å². The molecule has 40 heavy (non-hydrogen) atoms. The molecule has 3 amide bonds. The zero-order valence-corrected chi connectivity index (χ0v) is 22.5. The van der Waals surface area contributed by atoms with Crippen LogP contribution in [0.3, 0.4) is 0 Å². The van der Waals surface area contributed by atoms with Gasteiger partial charge in [0.25, 0.3) is 11.5 Å². The molecule has 1 aliphatic rings. The quantitative estimate of drug-likeness (QED) is 0.203. The Hall–Kier alpha value is -4.32. The molecule has 0 spiro atoms. The first-order chi connectivity index (χ1) is 19.4. The third kappa shape index (κ3) is 7.85. The van der Waals surface area contributed by atoms with Gasteiger partial charge in [-0.05, 0) is 68.5 Å². The molecule has 4 rings (SSSR count). The Labute approximate surface area is 231 Å². The monoisotopic (exact) mass is 550 g/mol. The Morgan fingerprint density at radius 3 is 2.52 bits per heavy atom. The molecule has 0 aliphatic carbocycles. The second-order valence-corrected chi connectivity index (χ2v) is 9.51. The van der Waals surface area contributed by atoms with E-state index in [0.717, 1.165) is 41.8 Å². The minimum absolute atomic E-state index is 0.107. The number of nitrogens with zero attached hydrogens (tertiary/aromatic N) is 3. The fourth-order valence-corrected chi connectivity index (χ4v) is 4.35. The Kier molecular flexibility index (Phi) is 10.2. The molecule has 0 bridgehead atoms. The molecule has 1 aliphatic heterocycles. The van der Waals surface area contributed by atoms with Crippen molar-refractivity contribution in [2.45, 2.75) is 51.5 Å². The molecule has 3 N–H and O–H groups in total. The van der Waals surface area contributed by atoms with Gasteiger partial charge in [0.05, 0.1) is 12.0 Å². The molecule has 1 atom stereocenters. The first-order valence-corrected chi connectivity index (χ1v) is 13.5. The number of benzene rings is 2. The summed E-state index contributed by atoms with van der Waals surface area (Å²) < 4.78 is 12.5. The summed E-state index contributed by atoms with van der Waals surface area (Å²) >= 11 is 0. The summed E-state index contributed by atoms with van der Waals surface area (Å²) in [5.74, 6) is -0.245. The third-order valence-electron chi connectivity index (χ3n) is 6.38. The predicted molar refractivity (Wildman–Crippen MR) is 149 cm³/mol. The fraction of sp³-hybridized carbons (Fsp3) is 0.429. The van der Waals surface area contributed by atoms with Gasteiger partial charge in [0, 0.05) is 44.5 Å². The molecule has 3 aromatic rings. The maximum atomic E-state index is 13.2. The normalized spacial score (nSPS) is 15.1. The Bertz CT molecular complexity index is 1390. The number of unbranched alkanes of at least 4 members (excludes halogenated alkanes) is 2. The summed E-state index contributed by atoms with van der Waals surface area (Å²) in [6.45, 7) is 3.99. The molecular formula is C28H34N6O6. The van der Waals surface area contributed by atoms with Crippen molar-refractivity contribution in [2.24, 2.45) is 0 Å². The van der Waals surface area contributed by atoms with Gasteiger partial charge in [-0.2, -0.15) is 4.68 Å². The number of amides is 3. The third-order valence-corrected chi connectivity index (χ3v) is 6.38. The van der Waals surface area contributed by atoms with Crippen LogP contribution in [0.1, 0.15) is 51.5 Å². The number of piperidine rings is 1. The number of aromatic nitrogens is 3. The molecule has 1 aromatic heterocycles. The number of carbonyl (C=O) groups excluding carboxylic acids is 3. The van der Waals surface area contributed by atoms with E-state index in [1.54, 1.807) is 30.3 Å². The van der Waals surface area contributed by atoms with Crippen molar-refractivity contribution < 1.29 is 23.9 Å². The van der Waals surface area contributed by atoms with Crippen LogP contribution >= 0.6 is 0 Å². The Morgan fingerprint density at radius 2 is 1.77 bits per heavy atom. The molecule has 1 unspecified atom stereocenters. The lowest BCUT2D eigenvalue weighted by molar-refractivity contribution is -0.136. The zero-order valence-electron chi connectivity index (χ0n) is 22.5. The second-order valence-electron chi connectivity index (χ2n) is 9.51. The first kappa shape index (κ1) is 28.7. The van der Waals surface area contributed by atoms with Gasteiger partial charge in [-0.1, -0.05) is 11.3 Å². The molecule has 2 aromatic carbocycles. The fourth-order valence-electron chi connectivity index (χ4n) is 4.35. The van der Waals surface area contributed by atoms with E-state index in [0.29, 0.717) is 43.0 Å². The van der Waals surface area contributed by atoms with Gasteiger partial charge in [-0.25, -0.2) is 0 Å². The molecule has 0 saturated carbocycles. The van der Waals surface area contributed by atoms with Gasteiger partial charge in [-0.15, -0.1) is 5.10 Å². The number of carbonyl (C=O) groups is 3. The molecule has 12 heteroatoms. The lowest BCUT2D eigenvalue weighted by Gasteiger charge is -2.21. The van der Waals surface area contributed by atoms with Crippen molar-refractivity contribution in [2.75, 3.05) is 37.0 Å². The van der Waals surface area contributed by atoms with Crippen molar-refractivity contribution in [3.05, 3.63) is 52.8 Å². The topological polar surface area (TPSA) is 154 Å². The minimum atomic E-state index is -0.860. The molecule has 0 radical (unpaired) electrons. The molecule has 12 nitrogen and oxygen atoms in total. The number of rotatable bonds is 14. The Morgan fingerprint density at radius 1 is 1.02 bits per heavy atom. The molecule has 212 valence electrons. The van der Waals surface area contributed by atoms with Gasteiger partial charge >= 0.3 is 0 Å². The van der Waals surface area contributed by atoms with Crippen LogP contribution in [0.25, 0.3) is 10.9 Å². The number of hydrogen-bond acceptors (Lipinski definition) is 9. The number of hydrogen-bond donors (Lipinski definition) is 3. The van der Waals surface area contributed by atoms with E-state index in [1.807, 2.05) is 12.1 Å². The van der Waals surface area contributed by atoms with Crippen LogP contribution < -0.4 is 26.2 Å². The first-order valence-electron chi connectivity index (χ1n) is 13.5. The number of imide groups is 1. The van der Waals surface area contributed by atoms with E-state index in [1.165, 1.54) is 6.92 Å². The highest BCUT2D eigenvalue weighted by Crippen LogP contribution is 2.21. The summed E-state index contributed by atoms with van der Waals surface area (Å²) in [6, 6.07) is 11.7. The highest BCUT2D eigenvalue weighted by molar-refractivity contribution is 5.99. The minimum Gasteiger partial charge on any atom is -0.494 e. The second kappa shape index (κ2) is 14.2. The maximum absolute atomic E-state index is 13.2. The van der Waals surface area contributed by atoms with Crippen molar-refractivity contribution in [1.29, 1.82) is 0 Å². The summed E-state index contributed by atoms with van der Waals surface area (Å²) in [5, 5.41) is 16.7. The SMILES string of the molecule is CC(=O)Nc1ccc(OCCCCOCCCCNc2cccc3nnn(C4CCC(=O)NC4=O)c(=O)c23)cc1. The summed E-state index contributed by atoms with van der Waals surface area (Å²) in [6.07, 6.45) is 3.81. The van der Waals surface area contributed by atoms with Crippen LogP contribution in [0.15, 0.2) is 47.3 Å². The van der Waals surface area contributed by atoms with Gasteiger partial charge < -0.3 is 20.1 Å². The van der Waals surface area contributed by atoms with E-state index in [2.05, 4.69) is 26.3 Å². The number of ether oxygens (including phenoxy) is 2. The van der Waals surface area contributed by atoms with Gasteiger partial charge in [0.2, 0.25) is 11.8 Å². The van der Waals surface area contributed by atoms with Crippen molar-refractivity contribution in [3.8, 4) is 5.75 Å². The van der Waals surface area contributed by atoms with Crippen molar-refractivity contribution in [3.63, 3.8) is 0 Å². The summed E-state index contributed by atoms with van der Waals surface area (Å²) in [5.41, 5.74) is 1.39. The molecule has 2 heterocycles. The highest BCUT2D eigenvalue weighted by atomic mass is 16.5. The highest BCUT2D eigenvalue weighted by Gasteiger charge is 2.30. The lowest BCUT2D eigenvalue weighted by atomic mass is 10.1. The molecular weight excluding hydrogens is 516 g/mol. The average Bonchev–Trinajstić information content (AvgIpc) is 2.93. The number of nitrogens with one attached hydrogen (secondary N) is 3. The van der Waals surface area contributed by atoms with Crippen LogP contribution in [-0.4, -0.2) is 59.1 Å². The predicted octanol–water partition coefficient (Wildman–Crippen LogP) is 2.80. The zero-order chi connectivity index (χ0) is 28.3. The van der Waals surface area contributed by atoms with Gasteiger partial charge in [-0.3, -0.25) is 24.5 Å².